The molecule has 1 aromatic carbocycles. The summed E-state index contributed by atoms with van der Waals surface area (Å²) in [6.45, 7) is 3.84. The van der Waals surface area contributed by atoms with Gasteiger partial charge in [-0.15, -0.1) is 4.48 Å². The molecule has 0 aliphatic carbocycles. The van der Waals surface area contributed by atoms with Crippen molar-refractivity contribution in [1.29, 1.82) is 0 Å². The summed E-state index contributed by atoms with van der Waals surface area (Å²) in [5.74, 6) is 0. The number of benzene rings is 1. The summed E-state index contributed by atoms with van der Waals surface area (Å²) >= 11 is 0. The van der Waals surface area contributed by atoms with E-state index in [1.807, 2.05) is 26.0 Å². The second-order valence-corrected chi connectivity index (χ2v) is 2.34. The molecule has 0 unspecified atom stereocenters. The van der Waals surface area contributed by atoms with Crippen molar-refractivity contribution in [3.8, 4) is 0 Å². The van der Waals surface area contributed by atoms with Gasteiger partial charge in [0.25, 0.3) is 0 Å². The first-order chi connectivity index (χ1) is 4.75. The van der Waals surface area contributed by atoms with Gasteiger partial charge in [-0.3, -0.25) is 0 Å². The van der Waals surface area contributed by atoms with E-state index in [9.17, 15) is 4.48 Å². The fraction of sp³-hybridized carbons (Fsp3) is 0.250. The first-order valence-corrected chi connectivity index (χ1v) is 3.18. The molecule has 0 aromatic heterocycles. The molecule has 2 heteroatoms. The Morgan fingerprint density at radius 2 is 2.00 bits per heavy atom. The molecular formula is C8H10FN. The summed E-state index contributed by atoms with van der Waals surface area (Å²) in [4.78, 5) is 0. The largest absolute Gasteiger partial charge is 0.224 e. The van der Waals surface area contributed by atoms with Crippen LogP contribution in [0, 0.1) is 13.8 Å². The second-order valence-electron chi connectivity index (χ2n) is 2.34. The Bertz CT molecular complexity index is 233. The smallest absolute Gasteiger partial charge is 0.0687 e. The lowest BCUT2D eigenvalue weighted by Gasteiger charge is -2.03. The zero-order valence-electron chi connectivity index (χ0n) is 6.11. The highest BCUT2D eigenvalue weighted by Crippen LogP contribution is 2.17. The van der Waals surface area contributed by atoms with Crippen LogP contribution in [0.3, 0.4) is 0 Å². The van der Waals surface area contributed by atoms with Crippen LogP contribution in [-0.2, 0) is 0 Å². The molecule has 0 saturated heterocycles. The van der Waals surface area contributed by atoms with Gasteiger partial charge in [-0.05, 0) is 31.0 Å². The van der Waals surface area contributed by atoms with Crippen LogP contribution in [0.1, 0.15) is 11.1 Å². The third-order valence-electron chi connectivity index (χ3n) is 1.71. The molecule has 10 heavy (non-hydrogen) atoms. The van der Waals surface area contributed by atoms with E-state index in [1.165, 1.54) is 0 Å². The van der Waals surface area contributed by atoms with E-state index in [0.29, 0.717) is 5.69 Å². The lowest BCUT2D eigenvalue weighted by atomic mass is 10.1. The molecule has 54 valence electrons. The van der Waals surface area contributed by atoms with E-state index in [2.05, 4.69) is 0 Å². The van der Waals surface area contributed by atoms with Crippen LogP contribution in [0.2, 0.25) is 0 Å². The molecule has 1 rings (SSSR count). The van der Waals surface area contributed by atoms with Gasteiger partial charge in [-0.25, -0.2) is 5.54 Å². The van der Waals surface area contributed by atoms with Crippen LogP contribution < -0.4 is 5.54 Å². The average molecular weight is 139 g/mol. The van der Waals surface area contributed by atoms with Crippen LogP contribution in [0.15, 0.2) is 18.2 Å². The lowest BCUT2D eigenvalue weighted by Crippen LogP contribution is -1.88. The summed E-state index contributed by atoms with van der Waals surface area (Å²) in [5, 5.41) is 0. The highest BCUT2D eigenvalue weighted by Gasteiger charge is 1.97. The molecule has 0 atom stereocenters. The Kier molecular flexibility index (Phi) is 1.90. The van der Waals surface area contributed by atoms with E-state index in [0.717, 1.165) is 11.1 Å². The van der Waals surface area contributed by atoms with Crippen LogP contribution in [0.5, 0.6) is 0 Å². The molecule has 0 saturated carbocycles. The minimum atomic E-state index is 0.556. The molecule has 0 bridgehead atoms. The van der Waals surface area contributed by atoms with Gasteiger partial charge in [0, 0.05) is 0 Å². The predicted molar refractivity (Wildman–Crippen MR) is 40.6 cm³/mol. The zero-order valence-corrected chi connectivity index (χ0v) is 6.11. The van der Waals surface area contributed by atoms with Crippen LogP contribution in [-0.4, -0.2) is 0 Å². The fourth-order valence-electron chi connectivity index (χ4n) is 0.853. The number of hydrogen-bond acceptors (Lipinski definition) is 1. The van der Waals surface area contributed by atoms with Crippen molar-refractivity contribution < 1.29 is 4.48 Å². The topological polar surface area (TPSA) is 12.0 Å². The Morgan fingerprint density at radius 3 is 2.50 bits per heavy atom. The van der Waals surface area contributed by atoms with Crippen LogP contribution in [0.25, 0.3) is 0 Å². The minimum Gasteiger partial charge on any atom is -0.224 e. The molecule has 0 amide bonds. The molecule has 1 nitrogen and oxygen atoms in total. The van der Waals surface area contributed by atoms with Crippen LogP contribution >= 0.6 is 0 Å². The quantitative estimate of drug-likeness (QED) is 0.590. The van der Waals surface area contributed by atoms with Crippen molar-refractivity contribution in [3.63, 3.8) is 0 Å². The van der Waals surface area contributed by atoms with Gasteiger partial charge in [0.2, 0.25) is 0 Å². The Balaban J connectivity index is 3.14. The van der Waals surface area contributed by atoms with Crippen molar-refractivity contribution in [2.75, 3.05) is 5.54 Å². The summed E-state index contributed by atoms with van der Waals surface area (Å²) in [5.41, 5.74) is 4.25. The SMILES string of the molecule is Cc1cccc(NF)c1C. The Hall–Kier alpha value is -1.05. The first-order valence-electron chi connectivity index (χ1n) is 3.18. The highest BCUT2D eigenvalue weighted by molar-refractivity contribution is 5.51. The van der Waals surface area contributed by atoms with Gasteiger partial charge in [-0.2, -0.15) is 0 Å². The summed E-state index contributed by atoms with van der Waals surface area (Å²) in [7, 11) is 0. The van der Waals surface area contributed by atoms with Gasteiger partial charge < -0.3 is 0 Å². The van der Waals surface area contributed by atoms with Gasteiger partial charge in [-0.1, -0.05) is 12.1 Å². The third kappa shape index (κ3) is 1.10. The maximum absolute atomic E-state index is 11.9. The number of anilines is 1. The number of nitrogens with one attached hydrogen (secondary N) is 1. The monoisotopic (exact) mass is 139 g/mol. The van der Waals surface area contributed by atoms with Crippen molar-refractivity contribution in [2.24, 2.45) is 0 Å². The predicted octanol–water partition coefficient (Wildman–Crippen LogP) is 2.60. The van der Waals surface area contributed by atoms with Crippen molar-refractivity contribution in [3.05, 3.63) is 29.3 Å². The maximum atomic E-state index is 11.9. The number of halogens is 1. The highest BCUT2D eigenvalue weighted by atomic mass is 19.2. The van der Waals surface area contributed by atoms with E-state index in [-0.39, 0.29) is 0 Å². The minimum absolute atomic E-state index is 0.556. The third-order valence-corrected chi connectivity index (χ3v) is 1.71. The van der Waals surface area contributed by atoms with E-state index in [1.54, 1.807) is 11.6 Å². The van der Waals surface area contributed by atoms with Crippen LogP contribution in [0.4, 0.5) is 10.2 Å². The molecule has 0 aliphatic heterocycles. The molecule has 0 aliphatic rings. The summed E-state index contributed by atoms with van der Waals surface area (Å²) < 4.78 is 11.9. The second kappa shape index (κ2) is 2.69. The molecule has 0 spiro atoms. The first kappa shape index (κ1) is 7.06. The Morgan fingerprint density at radius 1 is 1.30 bits per heavy atom. The van der Waals surface area contributed by atoms with Crippen molar-refractivity contribution in [1.82, 2.24) is 0 Å². The molecule has 1 aromatic rings. The molecule has 0 heterocycles. The molecule has 1 N–H and O–H groups in total. The van der Waals surface area contributed by atoms with Gasteiger partial charge in [0.1, 0.15) is 0 Å². The number of rotatable bonds is 1. The van der Waals surface area contributed by atoms with Crippen molar-refractivity contribution in [2.45, 2.75) is 13.8 Å². The van der Waals surface area contributed by atoms with E-state index >= 15 is 0 Å². The average Bonchev–Trinajstić information content (AvgIpc) is 1.95. The van der Waals surface area contributed by atoms with Gasteiger partial charge in [0.15, 0.2) is 0 Å². The van der Waals surface area contributed by atoms with Gasteiger partial charge in [0.05, 0.1) is 5.69 Å². The van der Waals surface area contributed by atoms with E-state index < -0.39 is 0 Å². The standard InChI is InChI=1S/C8H10FN/c1-6-4-3-5-8(10-9)7(6)2/h3-5,10H,1-2H3. The Labute approximate surface area is 59.8 Å². The number of aryl methyl sites for hydroxylation is 1. The summed E-state index contributed by atoms with van der Waals surface area (Å²) in [6, 6.07) is 5.49. The molecular weight excluding hydrogens is 129 g/mol. The van der Waals surface area contributed by atoms with Gasteiger partial charge >= 0.3 is 0 Å². The fourth-order valence-corrected chi connectivity index (χ4v) is 0.853. The normalized spacial score (nSPS) is 9.50. The van der Waals surface area contributed by atoms with E-state index in [4.69, 9.17) is 0 Å². The molecule has 0 fully saturated rings. The lowest BCUT2D eigenvalue weighted by molar-refractivity contribution is 0.616. The maximum Gasteiger partial charge on any atom is 0.0687 e. The summed E-state index contributed by atoms with van der Waals surface area (Å²) in [6.07, 6.45) is 0. The van der Waals surface area contributed by atoms with Crippen molar-refractivity contribution >= 4 is 5.69 Å². The number of hydrogen-bond donors (Lipinski definition) is 1. The molecule has 0 radical (unpaired) electrons. The zero-order chi connectivity index (χ0) is 7.56.